The zero-order chi connectivity index (χ0) is 24.5. The number of halogens is 3. The number of hydrogen-bond donors (Lipinski definition) is 2. The lowest BCUT2D eigenvalue weighted by Gasteiger charge is -2.37. The van der Waals surface area contributed by atoms with Crippen molar-refractivity contribution in [1.82, 2.24) is 5.32 Å². The fourth-order valence-corrected chi connectivity index (χ4v) is 4.67. The number of hydrogen-bond acceptors (Lipinski definition) is 4. The molecule has 1 aliphatic carbocycles. The lowest BCUT2D eigenvalue weighted by Crippen LogP contribution is -2.48. The summed E-state index contributed by atoms with van der Waals surface area (Å²) in [4.78, 5) is 24.6. The van der Waals surface area contributed by atoms with Gasteiger partial charge in [0.05, 0.1) is 12.1 Å². The van der Waals surface area contributed by atoms with Gasteiger partial charge in [-0.25, -0.2) is 0 Å². The van der Waals surface area contributed by atoms with Crippen LogP contribution in [0.1, 0.15) is 52.7 Å². The van der Waals surface area contributed by atoms with Gasteiger partial charge in [0, 0.05) is 18.4 Å². The maximum atomic E-state index is 12.9. The summed E-state index contributed by atoms with van der Waals surface area (Å²) in [7, 11) is 0. The molecule has 4 rings (SSSR count). The molecular formula is C25H22F3N3O3. The number of carbonyl (C=O) groups excluding carboxylic acids is 2. The largest absolute Gasteiger partial charge is 0.494 e. The maximum Gasteiger partial charge on any atom is 0.389 e. The van der Waals surface area contributed by atoms with Crippen molar-refractivity contribution in [2.75, 3.05) is 6.61 Å². The minimum absolute atomic E-state index is 0.00897. The first-order chi connectivity index (χ1) is 16.1. The Hall–Kier alpha value is -3.80. The first-order valence-electron chi connectivity index (χ1n) is 10.8. The summed E-state index contributed by atoms with van der Waals surface area (Å²) in [6.45, 7) is -0.0468. The summed E-state index contributed by atoms with van der Waals surface area (Å²) in [5.74, 6) is -0.624. The summed E-state index contributed by atoms with van der Waals surface area (Å²) in [5, 5.41) is 12.6. The first kappa shape index (κ1) is 23.4. The molecule has 34 heavy (non-hydrogen) atoms. The quantitative estimate of drug-likeness (QED) is 0.620. The Bertz CT molecular complexity index is 1230. The van der Waals surface area contributed by atoms with Crippen LogP contribution in [0.2, 0.25) is 0 Å². The van der Waals surface area contributed by atoms with Crippen LogP contribution in [-0.2, 0) is 16.8 Å². The maximum absolute atomic E-state index is 12.9. The summed E-state index contributed by atoms with van der Waals surface area (Å²) < 4.78 is 42.5. The lowest BCUT2D eigenvalue weighted by molar-refractivity contribution is -0.136. The van der Waals surface area contributed by atoms with Crippen molar-refractivity contribution < 1.29 is 27.5 Å². The molecule has 176 valence electrons. The number of primary amides is 1. The van der Waals surface area contributed by atoms with Gasteiger partial charge in [-0.2, -0.15) is 18.4 Å². The summed E-state index contributed by atoms with van der Waals surface area (Å²) >= 11 is 0. The van der Waals surface area contributed by atoms with Crippen molar-refractivity contribution in [2.24, 2.45) is 5.73 Å². The molecule has 2 aromatic rings. The number of nitrogens with two attached hydrogens (primary N) is 1. The molecule has 0 radical (unpaired) electrons. The number of fused-ring (bicyclic) bond motifs is 2. The van der Waals surface area contributed by atoms with Crippen LogP contribution >= 0.6 is 0 Å². The van der Waals surface area contributed by atoms with E-state index >= 15 is 0 Å². The van der Waals surface area contributed by atoms with Crippen molar-refractivity contribution in [3.8, 4) is 11.8 Å². The van der Waals surface area contributed by atoms with Gasteiger partial charge in [-0.05, 0) is 65.8 Å². The number of nitriles is 1. The molecule has 2 aromatic carbocycles. The Morgan fingerprint density at radius 1 is 1.24 bits per heavy atom. The number of rotatable bonds is 6. The van der Waals surface area contributed by atoms with Crippen LogP contribution in [0.25, 0.3) is 5.57 Å². The van der Waals surface area contributed by atoms with Crippen molar-refractivity contribution in [2.45, 2.75) is 43.8 Å². The van der Waals surface area contributed by atoms with E-state index in [-0.39, 0.29) is 24.2 Å². The minimum Gasteiger partial charge on any atom is -0.494 e. The monoisotopic (exact) mass is 469 g/mol. The van der Waals surface area contributed by atoms with E-state index in [0.717, 1.165) is 11.1 Å². The first-order valence-corrected chi connectivity index (χ1v) is 10.8. The van der Waals surface area contributed by atoms with Crippen LogP contribution in [0.3, 0.4) is 0 Å². The SMILES string of the molecule is N#CC1=C(c2cccc(C(N)=O)c2)CC2(CCc3cc(OCCCC(F)(F)F)ccc32)NC1=O. The minimum atomic E-state index is -4.21. The molecule has 1 aliphatic heterocycles. The molecule has 3 N–H and O–H groups in total. The number of aryl methyl sites for hydroxylation is 1. The highest BCUT2D eigenvalue weighted by Crippen LogP contribution is 2.47. The third-order valence-corrected chi connectivity index (χ3v) is 6.25. The van der Waals surface area contributed by atoms with E-state index in [4.69, 9.17) is 10.5 Å². The second-order valence-corrected chi connectivity index (χ2v) is 8.51. The van der Waals surface area contributed by atoms with Crippen LogP contribution in [0, 0.1) is 11.3 Å². The second-order valence-electron chi connectivity index (χ2n) is 8.51. The van der Waals surface area contributed by atoms with Crippen LogP contribution < -0.4 is 15.8 Å². The van der Waals surface area contributed by atoms with E-state index in [0.29, 0.717) is 36.1 Å². The lowest BCUT2D eigenvalue weighted by atomic mass is 9.78. The molecule has 1 unspecified atom stereocenters. The predicted octanol–water partition coefficient (Wildman–Crippen LogP) is 4.15. The average molecular weight is 469 g/mol. The van der Waals surface area contributed by atoms with Gasteiger partial charge >= 0.3 is 6.18 Å². The number of nitrogens with one attached hydrogen (secondary N) is 1. The highest BCUT2D eigenvalue weighted by atomic mass is 19.4. The Morgan fingerprint density at radius 2 is 2.03 bits per heavy atom. The molecule has 0 aromatic heterocycles. The summed E-state index contributed by atoms with van der Waals surface area (Å²) in [6.07, 6.45) is -3.68. The number of nitrogens with zero attached hydrogens (tertiary/aromatic N) is 1. The molecule has 1 atom stereocenters. The normalized spacial score (nSPS) is 19.5. The van der Waals surface area contributed by atoms with E-state index in [1.807, 2.05) is 12.1 Å². The number of benzene rings is 2. The molecule has 1 heterocycles. The van der Waals surface area contributed by atoms with Crippen molar-refractivity contribution in [3.63, 3.8) is 0 Å². The number of alkyl halides is 3. The Labute approximate surface area is 194 Å². The van der Waals surface area contributed by atoms with Gasteiger partial charge in [-0.1, -0.05) is 18.2 Å². The number of ether oxygens (including phenoxy) is 1. The van der Waals surface area contributed by atoms with E-state index < -0.39 is 30.0 Å². The number of carbonyl (C=O) groups is 2. The third-order valence-electron chi connectivity index (χ3n) is 6.25. The molecule has 9 heteroatoms. The van der Waals surface area contributed by atoms with Crippen LogP contribution in [0.5, 0.6) is 5.75 Å². The van der Waals surface area contributed by atoms with E-state index in [9.17, 15) is 28.0 Å². The van der Waals surface area contributed by atoms with Crippen LogP contribution in [-0.4, -0.2) is 24.6 Å². The van der Waals surface area contributed by atoms with Gasteiger partial charge in [0.1, 0.15) is 17.4 Å². The molecular weight excluding hydrogens is 447 g/mol. The Balaban J connectivity index is 1.60. The molecule has 0 saturated heterocycles. The van der Waals surface area contributed by atoms with Gasteiger partial charge in [-0.3, -0.25) is 9.59 Å². The molecule has 0 fully saturated rings. The van der Waals surface area contributed by atoms with Gasteiger partial charge < -0.3 is 15.8 Å². The molecule has 2 amide bonds. The standard InChI is InChI=1S/C25H22F3N3O3/c26-25(27,28)8-2-10-34-18-5-6-21-16(12-18)7-9-24(21)13-19(20(14-29)23(33)31-24)15-3-1-4-17(11-15)22(30)32/h1,3-6,11-12H,2,7-10,13H2,(H2,30,32)(H,31,33). The third kappa shape index (κ3) is 4.62. The molecule has 0 saturated carbocycles. The summed E-state index contributed by atoms with van der Waals surface area (Å²) in [6, 6.07) is 13.8. The molecule has 0 bridgehead atoms. The molecule has 6 nitrogen and oxygen atoms in total. The van der Waals surface area contributed by atoms with E-state index in [2.05, 4.69) is 5.32 Å². The Kier molecular flexibility index (Phi) is 6.09. The van der Waals surface area contributed by atoms with Crippen LogP contribution in [0.15, 0.2) is 48.0 Å². The van der Waals surface area contributed by atoms with Gasteiger partial charge in [0.2, 0.25) is 5.91 Å². The average Bonchev–Trinajstić information content (AvgIpc) is 3.12. The number of amides is 2. The zero-order valence-corrected chi connectivity index (χ0v) is 18.2. The van der Waals surface area contributed by atoms with Crippen molar-refractivity contribution in [3.05, 3.63) is 70.3 Å². The van der Waals surface area contributed by atoms with Gasteiger partial charge in [0.25, 0.3) is 5.91 Å². The fourth-order valence-electron chi connectivity index (χ4n) is 4.67. The van der Waals surface area contributed by atoms with E-state index in [1.165, 1.54) is 0 Å². The van der Waals surface area contributed by atoms with Gasteiger partial charge in [-0.15, -0.1) is 0 Å². The Morgan fingerprint density at radius 3 is 2.74 bits per heavy atom. The van der Waals surface area contributed by atoms with Crippen molar-refractivity contribution >= 4 is 17.4 Å². The van der Waals surface area contributed by atoms with Crippen molar-refractivity contribution in [1.29, 1.82) is 5.26 Å². The smallest absolute Gasteiger partial charge is 0.389 e. The molecule has 2 aliphatic rings. The fraction of sp³-hybridized carbons (Fsp3) is 0.320. The van der Waals surface area contributed by atoms with E-state index in [1.54, 1.807) is 36.4 Å². The van der Waals surface area contributed by atoms with Crippen LogP contribution in [0.4, 0.5) is 13.2 Å². The highest BCUT2D eigenvalue weighted by molar-refractivity contribution is 6.07. The molecule has 1 spiro atoms. The topological polar surface area (TPSA) is 105 Å². The second kappa shape index (κ2) is 8.86. The highest BCUT2D eigenvalue weighted by Gasteiger charge is 2.45. The zero-order valence-electron chi connectivity index (χ0n) is 18.2. The summed E-state index contributed by atoms with van der Waals surface area (Å²) in [5.41, 5.74) is 7.86. The predicted molar refractivity (Wildman–Crippen MR) is 117 cm³/mol. The van der Waals surface area contributed by atoms with Gasteiger partial charge in [0.15, 0.2) is 0 Å².